The summed E-state index contributed by atoms with van der Waals surface area (Å²) in [5, 5.41) is 11.5. The number of rotatable bonds is 3. The second-order valence-corrected chi connectivity index (χ2v) is 4.95. The number of imidazole rings is 1. The molecule has 0 aliphatic heterocycles. The van der Waals surface area contributed by atoms with Crippen molar-refractivity contribution in [1.82, 2.24) is 9.55 Å². The lowest BCUT2D eigenvalue weighted by molar-refractivity contribution is 0.313. The van der Waals surface area contributed by atoms with Crippen LogP contribution in [-0.4, -0.2) is 20.6 Å². The summed E-state index contributed by atoms with van der Waals surface area (Å²) in [6.07, 6.45) is 1.75. The molecule has 0 bridgehead atoms. The molecular weight excluding hydrogens is 410 g/mol. The average Bonchev–Trinajstić information content (AvgIpc) is 2.48. The number of nitrogens with two attached hydrogens (primary N) is 1. The Labute approximate surface area is 109 Å². The van der Waals surface area contributed by atoms with Crippen molar-refractivity contribution < 1.29 is 5.21 Å². The lowest BCUT2D eigenvalue weighted by Gasteiger charge is -2.10. The monoisotopic (exact) mass is 420 g/mol. The van der Waals surface area contributed by atoms with Crippen molar-refractivity contribution in [3.8, 4) is 0 Å². The van der Waals surface area contributed by atoms with Crippen LogP contribution < -0.4 is 5.73 Å². The summed E-state index contributed by atoms with van der Waals surface area (Å²) in [5.74, 6) is 0.239. The molecule has 0 saturated heterocycles. The van der Waals surface area contributed by atoms with Crippen molar-refractivity contribution in [3.05, 3.63) is 13.7 Å². The Morgan fingerprint density at radius 1 is 1.79 bits per heavy atom. The van der Waals surface area contributed by atoms with Gasteiger partial charge in [0.2, 0.25) is 0 Å². The van der Waals surface area contributed by atoms with Gasteiger partial charge in [0.1, 0.15) is 13.2 Å². The fraction of sp³-hybridized carbons (Fsp3) is 0.429. The minimum atomic E-state index is -0.00137. The highest BCUT2D eigenvalue weighted by Gasteiger charge is 2.11. The van der Waals surface area contributed by atoms with Gasteiger partial charge in [-0.2, -0.15) is 0 Å². The number of hydrogen-bond donors (Lipinski definition) is 2. The zero-order valence-electron chi connectivity index (χ0n) is 7.48. The van der Waals surface area contributed by atoms with Crippen LogP contribution in [0.15, 0.2) is 11.5 Å². The quantitative estimate of drug-likeness (QED) is 0.256. The van der Waals surface area contributed by atoms with E-state index in [0.29, 0.717) is 6.54 Å². The van der Waals surface area contributed by atoms with Crippen LogP contribution in [0.3, 0.4) is 0 Å². The summed E-state index contributed by atoms with van der Waals surface area (Å²) in [7, 11) is 0. The molecule has 1 aromatic heterocycles. The van der Waals surface area contributed by atoms with Crippen molar-refractivity contribution in [2.45, 2.75) is 13.5 Å². The number of hydrogen-bond acceptors (Lipinski definition) is 3. The zero-order chi connectivity index (χ0) is 10.7. The van der Waals surface area contributed by atoms with Crippen molar-refractivity contribution >= 4 is 51.0 Å². The molecule has 0 amide bonds. The third-order valence-corrected chi connectivity index (χ3v) is 4.78. The van der Waals surface area contributed by atoms with Crippen LogP contribution in [0.25, 0.3) is 0 Å². The molecule has 0 aliphatic carbocycles. The Balaban J connectivity index is 2.74. The van der Waals surface area contributed by atoms with Crippen LogP contribution in [0.4, 0.5) is 0 Å². The number of halogens is 2. The van der Waals surface area contributed by atoms with E-state index >= 15 is 0 Å². The molecule has 78 valence electrons. The van der Waals surface area contributed by atoms with E-state index in [0.717, 1.165) is 7.40 Å². The largest absolute Gasteiger partial charge is 0.409 e. The fourth-order valence-electron chi connectivity index (χ4n) is 0.957. The third-order valence-electron chi connectivity index (χ3n) is 1.82. The van der Waals surface area contributed by atoms with Gasteiger partial charge in [0.25, 0.3) is 0 Å². The van der Waals surface area contributed by atoms with Gasteiger partial charge in [0.05, 0.1) is 6.33 Å². The molecule has 1 unspecified atom stereocenters. The fourth-order valence-corrected chi connectivity index (χ4v) is 1.85. The topological polar surface area (TPSA) is 76.4 Å². The number of nitrogens with zero attached hydrogens (tertiary/aromatic N) is 3. The Bertz CT molecular complexity index is 349. The van der Waals surface area contributed by atoms with Gasteiger partial charge in [-0.05, 0) is 45.2 Å². The molecule has 0 radical (unpaired) electrons. The molecule has 0 aliphatic rings. The van der Waals surface area contributed by atoms with Crippen molar-refractivity contribution in [3.63, 3.8) is 0 Å². The van der Waals surface area contributed by atoms with Gasteiger partial charge in [0.15, 0.2) is 0 Å². The number of amidine groups is 1. The molecule has 5 nitrogen and oxygen atoms in total. The van der Waals surface area contributed by atoms with Gasteiger partial charge < -0.3 is 15.5 Å². The van der Waals surface area contributed by atoms with E-state index in [9.17, 15) is 0 Å². The molecule has 0 spiro atoms. The highest BCUT2D eigenvalue weighted by molar-refractivity contribution is 14.1. The molecule has 1 heterocycles. The van der Waals surface area contributed by atoms with E-state index < -0.39 is 0 Å². The zero-order valence-corrected chi connectivity index (χ0v) is 11.8. The second-order valence-electron chi connectivity index (χ2n) is 2.90. The summed E-state index contributed by atoms with van der Waals surface area (Å²) in [4.78, 5) is 4.15. The summed E-state index contributed by atoms with van der Waals surface area (Å²) in [5.41, 5.74) is 5.48. The molecule has 1 atom stereocenters. The normalized spacial score (nSPS) is 14.4. The Morgan fingerprint density at radius 2 is 2.43 bits per heavy atom. The predicted octanol–water partition coefficient (Wildman–Crippen LogP) is 1.47. The second kappa shape index (κ2) is 5.14. The van der Waals surface area contributed by atoms with Gasteiger partial charge >= 0.3 is 0 Å². The summed E-state index contributed by atoms with van der Waals surface area (Å²) < 4.78 is 4.01. The van der Waals surface area contributed by atoms with E-state index in [1.807, 2.05) is 11.5 Å². The number of oxime groups is 1. The highest BCUT2D eigenvalue weighted by atomic mass is 127. The number of aromatic nitrogens is 2. The van der Waals surface area contributed by atoms with Crippen molar-refractivity contribution in [2.24, 2.45) is 16.8 Å². The lowest BCUT2D eigenvalue weighted by atomic mass is 10.1. The van der Waals surface area contributed by atoms with Gasteiger partial charge in [-0.15, -0.1) is 0 Å². The summed E-state index contributed by atoms with van der Waals surface area (Å²) in [6, 6.07) is 0. The molecule has 0 fully saturated rings. The first-order valence-electron chi connectivity index (χ1n) is 3.89. The maximum atomic E-state index is 8.49. The van der Waals surface area contributed by atoms with Crippen LogP contribution in [0.1, 0.15) is 6.92 Å². The molecular formula is C7H10I2N4O. The Morgan fingerprint density at radius 3 is 2.86 bits per heavy atom. The standard InChI is InChI=1S/C7H10I2N4O/c1-4(7(10)12-14)2-13-3-11-5(8)6(13)9/h3-4,14H,2H2,1H3,(H2,10,12). The van der Waals surface area contributed by atoms with Crippen molar-refractivity contribution in [1.29, 1.82) is 0 Å². The maximum Gasteiger partial charge on any atom is 0.143 e. The van der Waals surface area contributed by atoms with E-state index in [1.54, 1.807) is 6.33 Å². The lowest BCUT2D eigenvalue weighted by Crippen LogP contribution is -2.25. The SMILES string of the molecule is CC(Cn1cnc(I)c1I)/C(N)=N/O. The molecule has 1 aromatic rings. The van der Waals surface area contributed by atoms with E-state index in [2.05, 4.69) is 55.3 Å². The average molecular weight is 420 g/mol. The molecule has 0 saturated carbocycles. The molecule has 0 aromatic carbocycles. The Kier molecular flexibility index (Phi) is 4.41. The maximum absolute atomic E-state index is 8.49. The van der Waals surface area contributed by atoms with E-state index in [4.69, 9.17) is 10.9 Å². The minimum absolute atomic E-state index is 0.00137. The van der Waals surface area contributed by atoms with Crippen LogP contribution in [0.5, 0.6) is 0 Å². The third kappa shape index (κ3) is 2.72. The van der Waals surface area contributed by atoms with Gasteiger partial charge in [-0.1, -0.05) is 12.1 Å². The van der Waals surface area contributed by atoms with Crippen LogP contribution in [0, 0.1) is 13.3 Å². The van der Waals surface area contributed by atoms with Crippen molar-refractivity contribution in [2.75, 3.05) is 0 Å². The smallest absolute Gasteiger partial charge is 0.143 e. The van der Waals surface area contributed by atoms with Gasteiger partial charge in [0, 0.05) is 12.5 Å². The van der Waals surface area contributed by atoms with E-state index in [-0.39, 0.29) is 11.8 Å². The Hall–Kier alpha value is -0.0600. The first kappa shape index (κ1) is 12.0. The first-order valence-corrected chi connectivity index (χ1v) is 6.05. The molecule has 7 heteroatoms. The predicted molar refractivity (Wildman–Crippen MR) is 70.2 cm³/mol. The molecule has 1 rings (SSSR count). The first-order chi connectivity index (χ1) is 6.56. The van der Waals surface area contributed by atoms with Crippen LogP contribution in [0.2, 0.25) is 0 Å². The minimum Gasteiger partial charge on any atom is -0.409 e. The van der Waals surface area contributed by atoms with Gasteiger partial charge in [-0.3, -0.25) is 0 Å². The van der Waals surface area contributed by atoms with Crippen LogP contribution >= 0.6 is 45.2 Å². The summed E-state index contributed by atoms with van der Waals surface area (Å²) >= 11 is 4.39. The van der Waals surface area contributed by atoms with E-state index in [1.165, 1.54) is 0 Å². The van der Waals surface area contributed by atoms with Crippen LogP contribution in [-0.2, 0) is 6.54 Å². The summed E-state index contributed by atoms with van der Waals surface area (Å²) in [6.45, 7) is 2.57. The van der Waals surface area contributed by atoms with Gasteiger partial charge in [-0.25, -0.2) is 4.98 Å². The molecule has 3 N–H and O–H groups in total. The highest BCUT2D eigenvalue weighted by Crippen LogP contribution is 2.14. The molecule has 14 heavy (non-hydrogen) atoms.